The smallest absolute Gasteiger partial charge is 0.417 e. The number of hydrogen-bond donors (Lipinski definition) is 1. The van der Waals surface area contributed by atoms with E-state index in [1.54, 1.807) is 0 Å². The molecule has 0 aliphatic carbocycles. The van der Waals surface area contributed by atoms with Crippen LogP contribution in [-0.2, 0) is 11.0 Å². The number of aromatic nitrogens is 1. The molecule has 0 saturated carbocycles. The van der Waals surface area contributed by atoms with Gasteiger partial charge in [-0.25, -0.2) is 14.2 Å². The Morgan fingerprint density at radius 2 is 2.12 bits per heavy atom. The predicted molar refractivity (Wildman–Crippen MR) is 79.5 cm³/mol. The lowest BCUT2D eigenvalue weighted by molar-refractivity contribution is -0.138. The minimum Gasteiger partial charge on any atom is -0.480 e. The van der Waals surface area contributed by atoms with Crippen LogP contribution < -0.4 is 4.90 Å². The van der Waals surface area contributed by atoms with Gasteiger partial charge in [-0.15, -0.1) is 0 Å². The maximum absolute atomic E-state index is 14.1. The fourth-order valence-corrected chi connectivity index (χ4v) is 2.71. The highest BCUT2D eigenvalue weighted by atomic mass is 19.4. The quantitative estimate of drug-likeness (QED) is 0.817. The van der Waals surface area contributed by atoms with Crippen LogP contribution in [0.1, 0.15) is 25.8 Å². The molecule has 1 aromatic rings. The topological polar surface area (TPSA) is 73.7 Å². The Morgan fingerprint density at radius 1 is 1.48 bits per heavy atom. The molecule has 2 heterocycles. The van der Waals surface area contributed by atoms with E-state index in [1.165, 1.54) is 0 Å². The summed E-state index contributed by atoms with van der Waals surface area (Å²) in [6, 6.07) is -1.02. The van der Waals surface area contributed by atoms with E-state index in [9.17, 15) is 27.2 Å². The van der Waals surface area contributed by atoms with Crippen LogP contribution in [0.2, 0.25) is 0 Å². The second-order valence-electron chi connectivity index (χ2n) is 5.89. The zero-order valence-corrected chi connectivity index (χ0v) is 13.5. The molecule has 1 saturated heterocycles. The molecule has 1 fully saturated rings. The van der Waals surface area contributed by atoms with Gasteiger partial charge in [-0.05, 0) is 12.0 Å². The summed E-state index contributed by atoms with van der Waals surface area (Å²) in [6.45, 7) is 3.05. The molecule has 25 heavy (non-hydrogen) atoms. The summed E-state index contributed by atoms with van der Waals surface area (Å²) in [6.07, 6.45) is -3.66. The maximum Gasteiger partial charge on any atom is 0.417 e. The van der Waals surface area contributed by atoms with Crippen LogP contribution in [0.5, 0.6) is 0 Å². The highest BCUT2D eigenvalue weighted by Crippen LogP contribution is 2.33. The van der Waals surface area contributed by atoms with E-state index in [0.29, 0.717) is 12.6 Å². The number of aliphatic carboxylic acids is 1. The van der Waals surface area contributed by atoms with Crippen molar-refractivity contribution < 1.29 is 32.3 Å². The van der Waals surface area contributed by atoms with Gasteiger partial charge in [-0.3, -0.25) is 9.69 Å². The Morgan fingerprint density at radius 3 is 2.60 bits per heavy atom. The van der Waals surface area contributed by atoms with Gasteiger partial charge in [-0.1, -0.05) is 20.3 Å². The van der Waals surface area contributed by atoms with Gasteiger partial charge >= 0.3 is 18.2 Å². The average Bonchev–Trinajstić information content (AvgIpc) is 2.82. The molecular weight excluding hydrogens is 346 g/mol. The highest BCUT2D eigenvalue weighted by molar-refractivity contribution is 5.95. The number of urea groups is 1. The summed E-state index contributed by atoms with van der Waals surface area (Å²) < 4.78 is 52.0. The van der Waals surface area contributed by atoms with Crippen LogP contribution in [0.3, 0.4) is 0 Å². The number of pyridine rings is 1. The van der Waals surface area contributed by atoms with Gasteiger partial charge in [0.15, 0.2) is 11.6 Å². The fourth-order valence-electron chi connectivity index (χ4n) is 2.71. The first kappa shape index (κ1) is 18.9. The lowest BCUT2D eigenvalue weighted by atomic mass is 9.99. The number of carboxylic acid groups (broad SMARTS) is 1. The lowest BCUT2D eigenvalue weighted by Crippen LogP contribution is -2.41. The van der Waals surface area contributed by atoms with E-state index < -0.39 is 48.0 Å². The number of alkyl halides is 3. The van der Waals surface area contributed by atoms with Crippen molar-refractivity contribution in [2.24, 2.45) is 5.92 Å². The van der Waals surface area contributed by atoms with Crippen LogP contribution in [0, 0.1) is 11.7 Å². The predicted octanol–water partition coefficient (Wildman–Crippen LogP) is 2.98. The molecular formula is C15H17F4N3O3. The largest absolute Gasteiger partial charge is 0.480 e. The van der Waals surface area contributed by atoms with Crippen molar-refractivity contribution in [3.63, 3.8) is 0 Å². The van der Waals surface area contributed by atoms with E-state index in [0.717, 1.165) is 9.80 Å². The Bertz CT molecular complexity index is 680. The Balaban J connectivity index is 2.36. The zero-order valence-electron chi connectivity index (χ0n) is 13.5. The number of amides is 2. The monoisotopic (exact) mass is 363 g/mol. The molecule has 138 valence electrons. The maximum atomic E-state index is 14.1. The summed E-state index contributed by atoms with van der Waals surface area (Å²) in [4.78, 5) is 28.9. The van der Waals surface area contributed by atoms with Gasteiger partial charge in [-0.2, -0.15) is 13.2 Å². The van der Waals surface area contributed by atoms with Gasteiger partial charge in [0.25, 0.3) is 0 Å². The Labute approximate surface area is 141 Å². The van der Waals surface area contributed by atoms with Crippen LogP contribution >= 0.6 is 0 Å². The van der Waals surface area contributed by atoms with E-state index in [2.05, 4.69) is 4.98 Å². The number of hydrogen-bond acceptors (Lipinski definition) is 3. The van der Waals surface area contributed by atoms with Gasteiger partial charge in [0.2, 0.25) is 0 Å². The SMILES string of the molecule is CC[C@H](C)[C@H]1CN(c2ncc(C(F)(F)F)cc2F)C(=O)N1CC(=O)O. The minimum atomic E-state index is -4.75. The third-order valence-electron chi connectivity index (χ3n) is 4.26. The number of carboxylic acids is 1. The molecule has 2 amide bonds. The lowest BCUT2D eigenvalue weighted by Gasteiger charge is -2.25. The highest BCUT2D eigenvalue weighted by Gasteiger charge is 2.43. The van der Waals surface area contributed by atoms with Crippen molar-refractivity contribution in [1.29, 1.82) is 0 Å². The van der Waals surface area contributed by atoms with Gasteiger partial charge < -0.3 is 10.0 Å². The van der Waals surface area contributed by atoms with Crippen LogP contribution in [0.15, 0.2) is 12.3 Å². The van der Waals surface area contributed by atoms with Crippen LogP contribution in [0.4, 0.5) is 28.2 Å². The van der Waals surface area contributed by atoms with E-state index in [4.69, 9.17) is 5.11 Å². The van der Waals surface area contributed by atoms with Gasteiger partial charge in [0.1, 0.15) is 6.54 Å². The first-order valence-electron chi connectivity index (χ1n) is 7.58. The molecule has 0 spiro atoms. The number of anilines is 1. The van der Waals surface area contributed by atoms with Crippen molar-refractivity contribution in [1.82, 2.24) is 9.88 Å². The third-order valence-corrected chi connectivity index (χ3v) is 4.26. The molecule has 0 aromatic carbocycles. The van der Waals surface area contributed by atoms with Gasteiger partial charge in [0, 0.05) is 6.20 Å². The molecule has 0 bridgehead atoms. The standard InChI is InChI=1S/C15H17F4N3O3/c1-3-8(2)11-6-22(14(25)21(11)7-12(23)24)13-10(16)4-9(5-20-13)15(17,18)19/h4-5,8,11H,3,6-7H2,1-2H3,(H,23,24)/t8-,11+/m0/s1. The summed E-state index contributed by atoms with van der Waals surface area (Å²) in [5.74, 6) is -3.14. The van der Waals surface area contributed by atoms with Crippen molar-refractivity contribution in [2.75, 3.05) is 18.0 Å². The summed E-state index contributed by atoms with van der Waals surface area (Å²) in [5, 5.41) is 8.97. The first-order valence-corrected chi connectivity index (χ1v) is 7.58. The number of carbonyl (C=O) groups excluding carboxylic acids is 1. The van der Waals surface area contributed by atoms with Gasteiger partial charge in [0.05, 0.1) is 18.2 Å². The summed E-state index contributed by atoms with van der Waals surface area (Å²) in [5.41, 5.74) is -1.26. The number of carbonyl (C=O) groups is 2. The average molecular weight is 363 g/mol. The van der Waals surface area contributed by atoms with Crippen molar-refractivity contribution in [2.45, 2.75) is 32.5 Å². The van der Waals surface area contributed by atoms with E-state index in [1.807, 2.05) is 13.8 Å². The molecule has 10 heteroatoms. The fraction of sp³-hybridized carbons (Fsp3) is 0.533. The van der Waals surface area contributed by atoms with Crippen molar-refractivity contribution in [3.8, 4) is 0 Å². The number of halogens is 4. The number of nitrogens with zero attached hydrogens (tertiary/aromatic N) is 3. The zero-order chi connectivity index (χ0) is 18.9. The Kier molecular flexibility index (Phi) is 5.19. The second-order valence-corrected chi connectivity index (χ2v) is 5.89. The summed E-state index contributed by atoms with van der Waals surface area (Å²) >= 11 is 0. The first-order chi connectivity index (χ1) is 11.6. The summed E-state index contributed by atoms with van der Waals surface area (Å²) in [7, 11) is 0. The van der Waals surface area contributed by atoms with Crippen molar-refractivity contribution in [3.05, 3.63) is 23.6 Å². The molecule has 0 radical (unpaired) electrons. The van der Waals surface area contributed by atoms with Crippen molar-refractivity contribution >= 4 is 17.8 Å². The third kappa shape index (κ3) is 3.83. The van der Waals surface area contributed by atoms with Crippen LogP contribution in [0.25, 0.3) is 0 Å². The molecule has 1 aromatic heterocycles. The normalized spacial score (nSPS) is 19.4. The van der Waals surface area contributed by atoms with E-state index >= 15 is 0 Å². The van der Waals surface area contributed by atoms with E-state index in [-0.39, 0.29) is 18.5 Å². The molecule has 6 nitrogen and oxygen atoms in total. The molecule has 1 aliphatic heterocycles. The molecule has 0 unspecified atom stereocenters. The Hall–Kier alpha value is -2.39. The molecule has 2 atom stereocenters. The van der Waals surface area contributed by atoms with Crippen LogP contribution in [-0.4, -0.2) is 46.1 Å². The molecule has 1 aliphatic rings. The minimum absolute atomic E-state index is 0.0452. The molecule has 1 N–H and O–H groups in total. The second kappa shape index (κ2) is 6.85. The number of rotatable bonds is 5. The molecule has 2 rings (SSSR count).